The Kier molecular flexibility index (Phi) is 6.44. The Morgan fingerprint density at radius 3 is 2.63 bits per heavy atom. The normalized spacial score (nSPS) is 11.7. The minimum atomic E-state index is 0.627. The zero-order valence-corrected chi connectivity index (χ0v) is 17.3. The summed E-state index contributed by atoms with van der Waals surface area (Å²) in [5, 5.41) is 8.06. The number of rotatable bonds is 8. The molecule has 0 spiro atoms. The topological polar surface area (TPSA) is 59.2 Å². The van der Waals surface area contributed by atoms with E-state index in [0.29, 0.717) is 6.54 Å². The minimum absolute atomic E-state index is 0.627. The zero-order chi connectivity index (χ0) is 20.6. The number of para-hydroxylation sites is 1. The van der Waals surface area contributed by atoms with E-state index < -0.39 is 0 Å². The SMILES string of the molecule is CN=C(NCCCn1ccc2ccccc21)NCc1nccn1Cc1ccccc1. The molecule has 0 amide bonds. The first-order valence-corrected chi connectivity index (χ1v) is 10.4. The van der Waals surface area contributed by atoms with Gasteiger partial charge in [-0.05, 0) is 29.5 Å². The van der Waals surface area contributed by atoms with Crippen molar-refractivity contribution < 1.29 is 0 Å². The van der Waals surface area contributed by atoms with Crippen molar-refractivity contribution in [1.29, 1.82) is 0 Å². The van der Waals surface area contributed by atoms with E-state index in [0.717, 1.165) is 37.8 Å². The van der Waals surface area contributed by atoms with Crippen molar-refractivity contribution in [2.45, 2.75) is 26.1 Å². The third kappa shape index (κ3) is 4.89. The maximum absolute atomic E-state index is 4.49. The van der Waals surface area contributed by atoms with Crippen molar-refractivity contribution in [3.8, 4) is 0 Å². The van der Waals surface area contributed by atoms with Crippen LogP contribution in [-0.2, 0) is 19.6 Å². The Labute approximate surface area is 177 Å². The lowest BCUT2D eigenvalue weighted by atomic mass is 10.2. The van der Waals surface area contributed by atoms with Crippen LogP contribution in [0, 0.1) is 0 Å². The van der Waals surface area contributed by atoms with E-state index in [1.807, 2.05) is 18.5 Å². The van der Waals surface area contributed by atoms with E-state index in [-0.39, 0.29) is 0 Å². The second-order valence-electron chi connectivity index (χ2n) is 7.23. The quantitative estimate of drug-likeness (QED) is 0.270. The summed E-state index contributed by atoms with van der Waals surface area (Å²) in [4.78, 5) is 8.83. The Bertz CT molecular complexity index is 1090. The molecule has 4 rings (SSSR count). The second kappa shape index (κ2) is 9.78. The third-order valence-corrected chi connectivity index (χ3v) is 5.18. The number of fused-ring (bicyclic) bond motifs is 1. The van der Waals surface area contributed by atoms with Crippen molar-refractivity contribution in [3.05, 3.63) is 90.6 Å². The standard InChI is InChI=1S/C24H28N6/c1-25-24(27-13-7-15-29-16-12-21-10-5-6-11-22(21)29)28-18-23-26-14-17-30(23)19-20-8-3-2-4-9-20/h2-6,8-12,14,16-17H,7,13,15,18-19H2,1H3,(H2,25,27,28). The number of imidazole rings is 1. The van der Waals surface area contributed by atoms with Gasteiger partial charge >= 0.3 is 0 Å². The number of hydrogen-bond donors (Lipinski definition) is 2. The van der Waals surface area contributed by atoms with E-state index in [4.69, 9.17) is 0 Å². The molecule has 2 aromatic carbocycles. The number of benzene rings is 2. The molecule has 0 aliphatic carbocycles. The van der Waals surface area contributed by atoms with Gasteiger partial charge in [-0.15, -0.1) is 0 Å². The summed E-state index contributed by atoms with van der Waals surface area (Å²) in [5.74, 6) is 1.78. The van der Waals surface area contributed by atoms with Gasteiger partial charge in [0.15, 0.2) is 5.96 Å². The zero-order valence-electron chi connectivity index (χ0n) is 17.3. The Balaban J connectivity index is 1.24. The van der Waals surface area contributed by atoms with Gasteiger partial charge in [0.05, 0.1) is 6.54 Å². The molecular formula is C24H28N6. The fourth-order valence-electron chi connectivity index (χ4n) is 3.61. The van der Waals surface area contributed by atoms with Gasteiger partial charge in [0, 0.05) is 50.8 Å². The molecule has 30 heavy (non-hydrogen) atoms. The van der Waals surface area contributed by atoms with Gasteiger partial charge in [-0.2, -0.15) is 0 Å². The summed E-state index contributed by atoms with van der Waals surface area (Å²) in [6.45, 7) is 3.26. The molecule has 0 saturated carbocycles. The first-order chi connectivity index (χ1) is 14.8. The first kappa shape index (κ1) is 19.8. The molecule has 0 aliphatic heterocycles. The monoisotopic (exact) mass is 400 g/mol. The van der Waals surface area contributed by atoms with Gasteiger partial charge in [0.1, 0.15) is 5.82 Å². The fourth-order valence-corrected chi connectivity index (χ4v) is 3.61. The van der Waals surface area contributed by atoms with Crippen molar-refractivity contribution in [1.82, 2.24) is 24.8 Å². The van der Waals surface area contributed by atoms with Crippen LogP contribution in [0.15, 0.2) is 84.2 Å². The molecule has 0 bridgehead atoms. The van der Waals surface area contributed by atoms with Crippen LogP contribution in [0.4, 0.5) is 0 Å². The van der Waals surface area contributed by atoms with Gasteiger partial charge in [0.25, 0.3) is 0 Å². The minimum Gasteiger partial charge on any atom is -0.356 e. The molecule has 0 radical (unpaired) electrons. The van der Waals surface area contributed by atoms with Gasteiger partial charge in [0.2, 0.25) is 0 Å². The van der Waals surface area contributed by atoms with Crippen molar-refractivity contribution >= 4 is 16.9 Å². The molecule has 0 aliphatic rings. The molecule has 0 unspecified atom stereocenters. The summed E-state index contributed by atoms with van der Waals surface area (Å²) in [7, 11) is 1.80. The smallest absolute Gasteiger partial charge is 0.191 e. The second-order valence-corrected chi connectivity index (χ2v) is 7.23. The highest BCUT2D eigenvalue weighted by atomic mass is 15.2. The van der Waals surface area contributed by atoms with Crippen LogP contribution in [0.25, 0.3) is 10.9 Å². The molecule has 0 fully saturated rings. The summed E-state index contributed by atoms with van der Waals surface area (Å²) >= 11 is 0. The van der Waals surface area contributed by atoms with Crippen LogP contribution in [0.5, 0.6) is 0 Å². The predicted octanol–water partition coefficient (Wildman–Crippen LogP) is 3.64. The van der Waals surface area contributed by atoms with E-state index >= 15 is 0 Å². The molecule has 154 valence electrons. The average molecular weight is 401 g/mol. The molecule has 6 nitrogen and oxygen atoms in total. The van der Waals surface area contributed by atoms with Crippen molar-refractivity contribution in [2.75, 3.05) is 13.6 Å². The number of aromatic nitrogens is 3. The van der Waals surface area contributed by atoms with Crippen LogP contribution >= 0.6 is 0 Å². The van der Waals surface area contributed by atoms with E-state index in [2.05, 4.69) is 90.5 Å². The Morgan fingerprint density at radius 1 is 0.933 bits per heavy atom. The lowest BCUT2D eigenvalue weighted by Gasteiger charge is -2.13. The molecule has 2 aromatic heterocycles. The van der Waals surface area contributed by atoms with Crippen LogP contribution in [-0.4, -0.2) is 33.7 Å². The number of aryl methyl sites for hydroxylation is 1. The lowest BCUT2D eigenvalue weighted by molar-refractivity contribution is 0.635. The molecule has 4 aromatic rings. The molecule has 0 atom stereocenters. The average Bonchev–Trinajstić information content (AvgIpc) is 3.41. The highest BCUT2D eigenvalue weighted by Gasteiger charge is 2.05. The molecule has 2 N–H and O–H groups in total. The fraction of sp³-hybridized carbons (Fsp3) is 0.250. The van der Waals surface area contributed by atoms with E-state index in [9.17, 15) is 0 Å². The van der Waals surface area contributed by atoms with E-state index in [1.54, 1.807) is 7.05 Å². The van der Waals surface area contributed by atoms with Gasteiger partial charge in [-0.1, -0.05) is 48.5 Å². The largest absolute Gasteiger partial charge is 0.356 e. The van der Waals surface area contributed by atoms with E-state index in [1.165, 1.54) is 16.5 Å². The molecule has 2 heterocycles. The maximum Gasteiger partial charge on any atom is 0.191 e. The summed E-state index contributed by atoms with van der Waals surface area (Å²) in [5.41, 5.74) is 2.54. The van der Waals surface area contributed by atoms with Gasteiger partial charge in [-0.25, -0.2) is 4.98 Å². The number of nitrogens with zero attached hydrogens (tertiary/aromatic N) is 4. The number of aliphatic imine (C=N–C) groups is 1. The number of nitrogens with one attached hydrogen (secondary N) is 2. The molecule has 0 saturated heterocycles. The lowest BCUT2D eigenvalue weighted by Crippen LogP contribution is -2.38. The van der Waals surface area contributed by atoms with Crippen LogP contribution in [0.2, 0.25) is 0 Å². The van der Waals surface area contributed by atoms with Crippen LogP contribution in [0.3, 0.4) is 0 Å². The van der Waals surface area contributed by atoms with Crippen molar-refractivity contribution in [3.63, 3.8) is 0 Å². The first-order valence-electron chi connectivity index (χ1n) is 10.4. The van der Waals surface area contributed by atoms with Crippen LogP contribution in [0.1, 0.15) is 17.8 Å². The Hall–Kier alpha value is -3.54. The summed E-state index contributed by atoms with van der Waals surface area (Å²) in [6, 6.07) is 21.1. The van der Waals surface area contributed by atoms with Gasteiger partial charge in [-0.3, -0.25) is 4.99 Å². The highest BCUT2D eigenvalue weighted by Crippen LogP contribution is 2.15. The molecular weight excluding hydrogens is 372 g/mol. The van der Waals surface area contributed by atoms with Crippen molar-refractivity contribution in [2.24, 2.45) is 4.99 Å². The predicted molar refractivity (Wildman–Crippen MR) is 123 cm³/mol. The highest BCUT2D eigenvalue weighted by molar-refractivity contribution is 5.80. The number of guanidine groups is 1. The summed E-state index contributed by atoms with van der Waals surface area (Å²) < 4.78 is 4.46. The maximum atomic E-state index is 4.49. The number of hydrogen-bond acceptors (Lipinski definition) is 2. The molecule has 6 heteroatoms. The summed E-state index contributed by atoms with van der Waals surface area (Å²) in [6.07, 6.45) is 7.03. The van der Waals surface area contributed by atoms with Crippen LogP contribution < -0.4 is 10.6 Å². The Morgan fingerprint density at radius 2 is 1.77 bits per heavy atom. The third-order valence-electron chi connectivity index (χ3n) is 5.18. The van der Waals surface area contributed by atoms with Gasteiger partial charge < -0.3 is 19.8 Å².